The van der Waals surface area contributed by atoms with E-state index in [1.807, 2.05) is 61.5 Å². The van der Waals surface area contributed by atoms with Crippen LogP contribution in [0.15, 0.2) is 81.3 Å². The van der Waals surface area contributed by atoms with Gasteiger partial charge in [0, 0.05) is 62.8 Å². The number of guanidine groups is 2. The van der Waals surface area contributed by atoms with E-state index in [9.17, 15) is 30.0 Å². The molecule has 6 aromatic rings. The number of fused-ring (bicyclic) bond motifs is 2. The number of anilines is 1. The lowest BCUT2D eigenvalue weighted by atomic mass is 9.90. The van der Waals surface area contributed by atoms with Gasteiger partial charge in [-0.3, -0.25) is 23.9 Å². The number of ether oxygens (including phenoxy) is 3. The molecule has 7 atom stereocenters. The molecule has 3 aromatic heterocycles. The number of piperidine rings is 1. The topological polar surface area (TPSA) is 317 Å². The van der Waals surface area contributed by atoms with E-state index in [0.29, 0.717) is 53.1 Å². The van der Waals surface area contributed by atoms with E-state index in [4.69, 9.17) is 53.4 Å². The molecule has 0 radical (unpaired) electrons. The van der Waals surface area contributed by atoms with Crippen molar-refractivity contribution in [2.24, 2.45) is 29.2 Å². The van der Waals surface area contributed by atoms with Crippen LogP contribution in [0.1, 0.15) is 60.5 Å². The molecule has 0 saturated carbocycles. The van der Waals surface area contributed by atoms with Gasteiger partial charge in [-0.05, 0) is 74.1 Å². The molecule has 3 saturated heterocycles. The van der Waals surface area contributed by atoms with Crippen molar-refractivity contribution in [3.05, 3.63) is 121 Å². The number of halogens is 2. The number of rotatable bonds is 10. The van der Waals surface area contributed by atoms with Gasteiger partial charge in [0.05, 0.1) is 38.4 Å². The van der Waals surface area contributed by atoms with Crippen LogP contribution in [0.25, 0.3) is 22.1 Å². The van der Waals surface area contributed by atoms with Crippen LogP contribution in [0.5, 0.6) is 5.75 Å². The summed E-state index contributed by atoms with van der Waals surface area (Å²) in [4.78, 5) is 47.9. The number of nitrogens with one attached hydrogen (secondary N) is 1. The molecule has 9 rings (SSSR count). The quantitative estimate of drug-likeness (QED) is 0.0552. The van der Waals surface area contributed by atoms with Gasteiger partial charge < -0.3 is 61.6 Å². The molecule has 0 unspecified atom stereocenters. The molecule has 3 fully saturated rings. The molecular formula is C52H67Cl2N13O9. The third-order valence-corrected chi connectivity index (χ3v) is 13.3. The summed E-state index contributed by atoms with van der Waals surface area (Å²) in [7, 11) is 5.01. The van der Waals surface area contributed by atoms with Crippen LogP contribution in [0, 0.1) is 24.2 Å². The zero-order chi connectivity index (χ0) is 54.1. The van der Waals surface area contributed by atoms with Gasteiger partial charge in [-0.2, -0.15) is 9.98 Å². The van der Waals surface area contributed by atoms with Gasteiger partial charge in [-0.25, -0.2) is 14.8 Å². The Hall–Kier alpha value is -6.65. The van der Waals surface area contributed by atoms with E-state index in [1.165, 1.54) is 14.0 Å². The average molecular weight is 1090 g/mol. The minimum atomic E-state index is -1.42. The second-order valence-corrected chi connectivity index (χ2v) is 19.1. The molecular weight excluding hydrogens is 1020 g/mol. The second kappa shape index (κ2) is 26.4. The standard InChI is InChI=1S/C25H28N8O2.C23H27ClO7.C4H11N5.ClH/c1-4-5-13-32-21-22(29-24(32)31-12-8-9-17(26)14-31)30(3)25(35)33(23(21)34)15-20-27-16(2)18-10-6-7-11-19(18)28-20;24-18-6-3-14(23-22(28)21(27)20(26)19(11-25)31-23)10-15(18)9-13-1-4-16(5-2-13)30-17-7-8-29-12-17;1-9(2)4(7)8-3(5)6;/h6-7,10-11,17H,8-9,12-15,26H2,1-3H3;1-6,10,17,19-23,25-28H,7-9,11-12H2;1-2H3,(H5,5,6,7,8);1H/t17-;17-,19+,20+,21-,22+,23-;;/m10../s1. The first-order chi connectivity index (χ1) is 35.9. The maximum atomic E-state index is 13.7. The third-order valence-electron chi connectivity index (χ3n) is 13.0. The molecule has 3 aliphatic heterocycles. The number of aliphatic hydroxyl groups is 4. The van der Waals surface area contributed by atoms with Gasteiger partial charge in [0.1, 0.15) is 48.2 Å². The van der Waals surface area contributed by atoms with E-state index < -0.39 is 48.4 Å². The predicted octanol–water partition coefficient (Wildman–Crippen LogP) is 1.94. The lowest BCUT2D eigenvalue weighted by molar-refractivity contribution is -0.231. The van der Waals surface area contributed by atoms with Crippen molar-refractivity contribution in [2.75, 3.05) is 51.9 Å². The molecule has 6 heterocycles. The Morgan fingerprint density at radius 3 is 2.38 bits per heavy atom. The maximum Gasteiger partial charge on any atom is 0.332 e. The zero-order valence-electron chi connectivity index (χ0n) is 43.0. The molecule has 22 nitrogen and oxygen atoms in total. The van der Waals surface area contributed by atoms with E-state index in [1.54, 1.807) is 44.8 Å². The van der Waals surface area contributed by atoms with Crippen LogP contribution >= 0.6 is 24.0 Å². The average Bonchev–Trinajstić information content (AvgIpc) is 4.10. The number of benzene rings is 3. The number of hydrogen-bond donors (Lipinski definition) is 8. The lowest BCUT2D eigenvalue weighted by Gasteiger charge is -2.40. The third kappa shape index (κ3) is 13.8. The van der Waals surface area contributed by atoms with E-state index in [-0.39, 0.29) is 49.6 Å². The van der Waals surface area contributed by atoms with E-state index in [0.717, 1.165) is 65.9 Å². The number of aryl methyl sites for hydroxylation is 2. The van der Waals surface area contributed by atoms with Crippen LogP contribution in [0.2, 0.25) is 5.02 Å². The fourth-order valence-electron chi connectivity index (χ4n) is 8.96. The van der Waals surface area contributed by atoms with E-state index >= 15 is 0 Å². The molecule has 0 bridgehead atoms. The number of aliphatic imine (C=N–C) groups is 1. The van der Waals surface area contributed by atoms with Crippen molar-refractivity contribution in [1.29, 1.82) is 5.41 Å². The van der Waals surface area contributed by atoms with Crippen LogP contribution in [0.4, 0.5) is 5.95 Å². The van der Waals surface area contributed by atoms with Gasteiger partial charge in [0.15, 0.2) is 17.1 Å². The number of aliphatic hydroxyl groups excluding tert-OH is 4. The Morgan fingerprint density at radius 1 is 1.00 bits per heavy atom. The fraction of sp³-hybridized carbons (Fsp3) is 0.442. The minimum absolute atomic E-state index is 0. The molecule has 0 aliphatic carbocycles. The minimum Gasteiger partial charge on any atom is -0.488 e. The Labute approximate surface area is 450 Å². The Bertz CT molecular complexity index is 3180. The molecule has 24 heteroatoms. The molecule has 408 valence electrons. The summed E-state index contributed by atoms with van der Waals surface area (Å²) in [5.41, 5.74) is 20.0. The van der Waals surface area contributed by atoms with Gasteiger partial charge in [0.25, 0.3) is 5.56 Å². The molecule has 0 spiro atoms. The maximum absolute atomic E-state index is 13.7. The number of hydrogen-bond acceptors (Lipinski definition) is 15. The summed E-state index contributed by atoms with van der Waals surface area (Å²) in [5.74, 6) is 7.71. The number of nitrogens with zero attached hydrogens (tertiary/aromatic N) is 9. The Kier molecular flexibility index (Phi) is 20.4. The molecule has 0 amide bonds. The molecule has 11 N–H and O–H groups in total. The first-order valence-corrected chi connectivity index (χ1v) is 24.9. The SMILES string of the molecule is CC#CCn1c(N2CCC[C@@H](N)C2)nc2c1c(=O)n(Cc1nc(C)c3ccccc3n1)c(=O)n2C.CN(C)C(=N)N=C(N)N.Cl.OC[C@H]1O[C@@H](c2ccc(Cl)c(Cc3ccc(O[C@H]4CCOC4)cc3)c2)[C@H](O)[C@@H](O)[C@@H]1O. The second-order valence-electron chi connectivity index (χ2n) is 18.7. The number of para-hydroxylation sites is 1. The van der Waals surface area contributed by atoms with Crippen molar-refractivity contribution in [3.8, 4) is 17.6 Å². The smallest absolute Gasteiger partial charge is 0.332 e. The fourth-order valence-corrected chi connectivity index (χ4v) is 9.14. The normalized spacial score (nSPS) is 21.0. The van der Waals surface area contributed by atoms with Crippen LogP contribution in [-0.2, 0) is 36.0 Å². The highest BCUT2D eigenvalue weighted by Crippen LogP contribution is 2.35. The van der Waals surface area contributed by atoms with Crippen molar-refractivity contribution < 1.29 is 34.6 Å². The predicted molar refractivity (Wildman–Crippen MR) is 293 cm³/mol. The first-order valence-electron chi connectivity index (χ1n) is 24.5. The van der Waals surface area contributed by atoms with Crippen molar-refractivity contribution in [1.82, 2.24) is 33.6 Å². The summed E-state index contributed by atoms with van der Waals surface area (Å²) in [6, 6.07) is 20.7. The summed E-state index contributed by atoms with van der Waals surface area (Å²) in [5, 5.41) is 48.5. The summed E-state index contributed by atoms with van der Waals surface area (Å²) in [6.45, 7) is 6.18. The Morgan fingerprint density at radius 2 is 1.74 bits per heavy atom. The van der Waals surface area contributed by atoms with Crippen molar-refractivity contribution in [2.45, 2.75) is 95.3 Å². The summed E-state index contributed by atoms with van der Waals surface area (Å²) in [6.07, 6.45) is -2.57. The highest BCUT2D eigenvalue weighted by Gasteiger charge is 2.44. The number of aromatic nitrogens is 6. The molecule has 3 aromatic carbocycles. The molecule has 76 heavy (non-hydrogen) atoms. The van der Waals surface area contributed by atoms with Gasteiger partial charge in [-0.15, -0.1) is 18.3 Å². The van der Waals surface area contributed by atoms with Crippen LogP contribution in [-0.4, -0.2) is 149 Å². The first kappa shape index (κ1) is 58.6. The number of nitrogens with two attached hydrogens (primary N) is 3. The highest BCUT2D eigenvalue weighted by molar-refractivity contribution is 6.31. The van der Waals surface area contributed by atoms with Gasteiger partial charge >= 0.3 is 5.69 Å². The largest absolute Gasteiger partial charge is 0.488 e. The Balaban J connectivity index is 0.000000211. The lowest BCUT2D eigenvalue weighted by Crippen LogP contribution is -2.55. The summed E-state index contributed by atoms with van der Waals surface area (Å²) < 4.78 is 21.3. The van der Waals surface area contributed by atoms with E-state index in [2.05, 4.69) is 31.7 Å². The van der Waals surface area contributed by atoms with Crippen molar-refractivity contribution >= 4 is 63.9 Å². The zero-order valence-corrected chi connectivity index (χ0v) is 44.6. The van der Waals surface area contributed by atoms with Crippen LogP contribution in [0.3, 0.4) is 0 Å². The van der Waals surface area contributed by atoms with Gasteiger partial charge in [-0.1, -0.05) is 60.0 Å². The highest BCUT2D eigenvalue weighted by atomic mass is 35.5. The monoisotopic (exact) mass is 1090 g/mol. The van der Waals surface area contributed by atoms with Gasteiger partial charge in [0.2, 0.25) is 11.9 Å². The van der Waals surface area contributed by atoms with Crippen molar-refractivity contribution in [3.63, 3.8) is 0 Å². The number of imidazole rings is 1. The molecule has 3 aliphatic rings. The van der Waals surface area contributed by atoms with Crippen LogP contribution < -0.4 is 38.1 Å². The summed E-state index contributed by atoms with van der Waals surface area (Å²) >= 11 is 6.40.